The van der Waals surface area contributed by atoms with Gasteiger partial charge in [0, 0.05) is 6.21 Å². The fraction of sp³-hybridized carbons (Fsp3) is 0.429. The van der Waals surface area contributed by atoms with E-state index in [9.17, 15) is 4.79 Å². The highest BCUT2D eigenvalue weighted by Gasteiger charge is 2.09. The number of aryl methyl sites for hydroxylation is 1. The number of nitrogens with one attached hydrogen (secondary N) is 1. The van der Waals surface area contributed by atoms with Gasteiger partial charge in [-0.15, -0.1) is 0 Å². The zero-order valence-electron chi connectivity index (χ0n) is 11.4. The van der Waals surface area contributed by atoms with Crippen molar-refractivity contribution in [2.45, 2.75) is 33.6 Å². The highest BCUT2D eigenvalue weighted by Crippen LogP contribution is 2.27. The maximum absolute atomic E-state index is 11.4. The van der Waals surface area contributed by atoms with E-state index in [1.807, 2.05) is 25.1 Å². The van der Waals surface area contributed by atoms with Crippen molar-refractivity contribution in [3.05, 3.63) is 29.3 Å². The Morgan fingerprint density at radius 3 is 2.83 bits per heavy atom. The van der Waals surface area contributed by atoms with Gasteiger partial charge in [0.2, 0.25) is 0 Å². The molecule has 0 aliphatic carbocycles. The quantitative estimate of drug-likeness (QED) is 0.643. The van der Waals surface area contributed by atoms with Gasteiger partial charge >= 0.3 is 0 Å². The van der Waals surface area contributed by atoms with E-state index in [0.717, 1.165) is 16.9 Å². The Bertz CT molecular complexity index is 439. The largest absolute Gasteiger partial charge is 0.483 e. The molecule has 98 valence electrons. The molecular weight excluding hydrogens is 228 g/mol. The van der Waals surface area contributed by atoms with Gasteiger partial charge in [0.15, 0.2) is 6.61 Å². The van der Waals surface area contributed by atoms with Gasteiger partial charge in [0.25, 0.3) is 5.91 Å². The lowest BCUT2D eigenvalue weighted by molar-refractivity contribution is -0.123. The van der Waals surface area contributed by atoms with Crippen LogP contribution in [0.5, 0.6) is 5.75 Å². The predicted octanol–water partition coefficient (Wildman–Crippen LogP) is 2.62. The van der Waals surface area contributed by atoms with E-state index in [1.54, 1.807) is 6.92 Å². The number of amides is 1. The summed E-state index contributed by atoms with van der Waals surface area (Å²) < 4.78 is 5.55. The van der Waals surface area contributed by atoms with Crippen LogP contribution in [0.1, 0.15) is 37.8 Å². The van der Waals surface area contributed by atoms with Crippen molar-refractivity contribution >= 4 is 12.1 Å². The lowest BCUT2D eigenvalue weighted by Crippen LogP contribution is -2.24. The summed E-state index contributed by atoms with van der Waals surface area (Å²) in [6, 6.07) is 6.03. The van der Waals surface area contributed by atoms with Gasteiger partial charge in [-0.05, 0) is 37.0 Å². The summed E-state index contributed by atoms with van der Waals surface area (Å²) in [5, 5.41) is 3.65. The van der Waals surface area contributed by atoms with E-state index < -0.39 is 0 Å². The monoisotopic (exact) mass is 248 g/mol. The van der Waals surface area contributed by atoms with Crippen LogP contribution >= 0.6 is 0 Å². The highest BCUT2D eigenvalue weighted by atomic mass is 16.5. The molecule has 0 saturated carbocycles. The molecule has 0 bridgehead atoms. The van der Waals surface area contributed by atoms with Gasteiger partial charge in [-0.25, -0.2) is 5.43 Å². The summed E-state index contributed by atoms with van der Waals surface area (Å²) in [7, 11) is 0. The average molecular weight is 248 g/mol. The average Bonchev–Trinajstić information content (AvgIpc) is 2.33. The Hall–Kier alpha value is -1.84. The van der Waals surface area contributed by atoms with Crippen molar-refractivity contribution in [1.82, 2.24) is 5.43 Å². The molecule has 0 radical (unpaired) electrons. The van der Waals surface area contributed by atoms with Crippen LogP contribution in [0.3, 0.4) is 0 Å². The Balaban J connectivity index is 2.71. The van der Waals surface area contributed by atoms with Crippen molar-refractivity contribution < 1.29 is 9.53 Å². The number of carbonyl (C=O) groups excluding carboxylic acids is 1. The fourth-order valence-corrected chi connectivity index (χ4v) is 1.56. The molecule has 0 spiro atoms. The molecular formula is C14H20N2O2. The van der Waals surface area contributed by atoms with Crippen LogP contribution in [0.15, 0.2) is 23.3 Å². The smallest absolute Gasteiger partial charge is 0.277 e. The van der Waals surface area contributed by atoms with Gasteiger partial charge in [0.1, 0.15) is 5.75 Å². The second-order valence-electron chi connectivity index (χ2n) is 4.41. The van der Waals surface area contributed by atoms with E-state index >= 15 is 0 Å². The molecule has 1 aromatic carbocycles. The number of hydrazone groups is 1. The van der Waals surface area contributed by atoms with Gasteiger partial charge in [-0.2, -0.15) is 5.10 Å². The van der Waals surface area contributed by atoms with Crippen molar-refractivity contribution in [3.8, 4) is 5.75 Å². The molecule has 0 aliphatic rings. The summed E-state index contributed by atoms with van der Waals surface area (Å²) in [6.45, 7) is 7.90. The fourth-order valence-electron chi connectivity index (χ4n) is 1.56. The van der Waals surface area contributed by atoms with Crippen LogP contribution in [0.25, 0.3) is 0 Å². The summed E-state index contributed by atoms with van der Waals surface area (Å²) in [6.07, 6.45) is 1.52. The highest BCUT2D eigenvalue weighted by molar-refractivity contribution is 5.78. The SMILES string of the molecule is C/C=N\NC(=O)COc1cc(C)ccc1C(C)C. The van der Waals surface area contributed by atoms with Crippen molar-refractivity contribution in [2.75, 3.05) is 6.61 Å². The number of rotatable bonds is 5. The number of carbonyl (C=O) groups is 1. The molecule has 1 N–H and O–H groups in total. The first kappa shape index (κ1) is 14.2. The number of ether oxygens (including phenoxy) is 1. The standard InChI is InChI=1S/C14H20N2O2/c1-5-15-16-14(17)9-18-13-8-11(4)6-7-12(13)10(2)3/h5-8,10H,9H2,1-4H3,(H,16,17)/b15-5-. The lowest BCUT2D eigenvalue weighted by Gasteiger charge is -2.14. The third kappa shape index (κ3) is 4.20. The zero-order chi connectivity index (χ0) is 13.5. The van der Waals surface area contributed by atoms with Crippen LogP contribution in [-0.4, -0.2) is 18.7 Å². The van der Waals surface area contributed by atoms with Gasteiger partial charge < -0.3 is 4.74 Å². The van der Waals surface area contributed by atoms with E-state index in [0.29, 0.717) is 5.92 Å². The Labute approximate surface area is 108 Å². The molecule has 0 aliphatic heterocycles. The molecule has 1 amide bonds. The molecule has 18 heavy (non-hydrogen) atoms. The van der Waals surface area contributed by atoms with Crippen LogP contribution in [-0.2, 0) is 4.79 Å². The minimum absolute atomic E-state index is 0.0273. The van der Waals surface area contributed by atoms with Crippen molar-refractivity contribution in [2.24, 2.45) is 5.10 Å². The van der Waals surface area contributed by atoms with E-state index in [1.165, 1.54) is 6.21 Å². The molecule has 0 unspecified atom stereocenters. The maximum atomic E-state index is 11.4. The van der Waals surface area contributed by atoms with Crippen molar-refractivity contribution in [3.63, 3.8) is 0 Å². The third-order valence-corrected chi connectivity index (χ3v) is 2.47. The van der Waals surface area contributed by atoms with Gasteiger partial charge in [-0.1, -0.05) is 26.0 Å². The topological polar surface area (TPSA) is 50.7 Å². The maximum Gasteiger partial charge on any atom is 0.277 e. The molecule has 0 atom stereocenters. The van der Waals surface area contributed by atoms with E-state index in [-0.39, 0.29) is 12.5 Å². The normalized spacial score (nSPS) is 10.9. The van der Waals surface area contributed by atoms with Crippen LogP contribution < -0.4 is 10.2 Å². The minimum Gasteiger partial charge on any atom is -0.483 e. The van der Waals surface area contributed by atoms with Crippen molar-refractivity contribution in [1.29, 1.82) is 0 Å². The van der Waals surface area contributed by atoms with Gasteiger partial charge in [0.05, 0.1) is 0 Å². The number of hydrogen-bond donors (Lipinski definition) is 1. The summed E-state index contributed by atoms with van der Waals surface area (Å²) in [5.74, 6) is 0.863. The second kappa shape index (κ2) is 6.79. The Kier molecular flexibility index (Phi) is 5.36. The third-order valence-electron chi connectivity index (χ3n) is 2.47. The molecule has 0 fully saturated rings. The van der Waals surface area contributed by atoms with Crippen LogP contribution in [0, 0.1) is 6.92 Å². The van der Waals surface area contributed by atoms with Gasteiger partial charge in [-0.3, -0.25) is 4.79 Å². The Morgan fingerprint density at radius 2 is 2.22 bits per heavy atom. The van der Waals surface area contributed by atoms with Crippen LogP contribution in [0.4, 0.5) is 0 Å². The van der Waals surface area contributed by atoms with Crippen LogP contribution in [0.2, 0.25) is 0 Å². The van der Waals surface area contributed by atoms with E-state index in [4.69, 9.17) is 4.74 Å². The number of nitrogens with zero attached hydrogens (tertiary/aromatic N) is 1. The molecule has 1 aromatic rings. The molecule has 4 nitrogen and oxygen atoms in total. The first-order valence-corrected chi connectivity index (χ1v) is 6.04. The predicted molar refractivity (Wildman–Crippen MR) is 73.1 cm³/mol. The molecule has 0 saturated heterocycles. The zero-order valence-corrected chi connectivity index (χ0v) is 11.4. The molecule has 4 heteroatoms. The lowest BCUT2D eigenvalue weighted by atomic mass is 10.0. The summed E-state index contributed by atoms with van der Waals surface area (Å²) >= 11 is 0. The Morgan fingerprint density at radius 1 is 1.50 bits per heavy atom. The molecule has 0 aromatic heterocycles. The summed E-state index contributed by atoms with van der Waals surface area (Å²) in [4.78, 5) is 11.4. The molecule has 1 rings (SSSR count). The minimum atomic E-state index is -0.260. The van der Waals surface area contributed by atoms with E-state index in [2.05, 4.69) is 24.4 Å². The number of hydrogen-bond acceptors (Lipinski definition) is 3. The first-order valence-electron chi connectivity index (χ1n) is 6.04. The second-order valence-corrected chi connectivity index (χ2v) is 4.41. The summed E-state index contributed by atoms with van der Waals surface area (Å²) in [5.41, 5.74) is 4.59. The molecule has 0 heterocycles. The first-order chi connectivity index (χ1) is 8.54. The number of benzene rings is 1.